The monoisotopic (exact) mass is 166 g/mol. The molecule has 0 heterocycles. The molecule has 0 aromatic rings. The van der Waals surface area contributed by atoms with Gasteiger partial charge in [0.25, 0.3) is 0 Å². The molecular formula is C2HCl2KO2. The van der Waals surface area contributed by atoms with Crippen LogP contribution in [0.1, 0.15) is 0 Å². The summed E-state index contributed by atoms with van der Waals surface area (Å²) in [7, 11) is 0. The molecule has 0 atom stereocenters. The number of carbonyl (C=O) groups is 1. The summed E-state index contributed by atoms with van der Waals surface area (Å²) in [5, 5.41) is 9.32. The van der Waals surface area contributed by atoms with Crippen LogP contribution in [0.25, 0.3) is 0 Å². The van der Waals surface area contributed by atoms with Gasteiger partial charge in [-0.1, -0.05) is 23.2 Å². The maximum atomic E-state index is 9.32. The number of hydrogen-bond donors (Lipinski definition) is 0. The second kappa shape index (κ2) is 5.82. The van der Waals surface area contributed by atoms with Crippen molar-refractivity contribution in [2.24, 2.45) is 0 Å². The zero-order chi connectivity index (χ0) is 5.15. The number of halogens is 2. The molecular weight excluding hydrogens is 166 g/mol. The van der Waals surface area contributed by atoms with Crippen LogP contribution in [0.2, 0.25) is 0 Å². The molecule has 5 heteroatoms. The van der Waals surface area contributed by atoms with Crippen LogP contribution < -0.4 is 56.5 Å². The molecule has 0 N–H and O–H groups in total. The first-order chi connectivity index (χ1) is 2.64. The number of alkyl halides is 2. The minimum absolute atomic E-state index is 0. The summed E-state index contributed by atoms with van der Waals surface area (Å²) in [6.45, 7) is 0. The smallest absolute Gasteiger partial charge is 0.547 e. The molecule has 0 aromatic carbocycles. The van der Waals surface area contributed by atoms with Crippen LogP contribution in [0.4, 0.5) is 0 Å². The predicted octanol–water partition coefficient (Wildman–Crippen LogP) is -3.46. The van der Waals surface area contributed by atoms with Crippen LogP contribution in [0, 0.1) is 0 Å². The maximum Gasteiger partial charge on any atom is 1.00 e. The topological polar surface area (TPSA) is 40.1 Å². The molecule has 0 bridgehead atoms. The number of carboxylic acids is 1. The van der Waals surface area contributed by atoms with Crippen molar-refractivity contribution < 1.29 is 61.3 Å². The standard InChI is InChI=1S/C2H2Cl2O2.K/c3-1(4)2(5)6;/h1H,(H,5,6);/q;+1/p-1. The summed E-state index contributed by atoms with van der Waals surface area (Å²) in [5.74, 6) is -1.46. The van der Waals surface area contributed by atoms with Gasteiger partial charge in [-0.3, -0.25) is 0 Å². The Kier molecular flexibility index (Phi) is 9.54. The Labute approximate surface area is 93.6 Å². The van der Waals surface area contributed by atoms with Gasteiger partial charge in [0.15, 0.2) is 0 Å². The molecule has 0 unspecified atom stereocenters. The number of hydrogen-bond acceptors (Lipinski definition) is 2. The molecule has 0 rings (SSSR count). The quantitative estimate of drug-likeness (QED) is 0.301. The van der Waals surface area contributed by atoms with E-state index in [1.807, 2.05) is 0 Å². The van der Waals surface area contributed by atoms with Crippen molar-refractivity contribution in [3.63, 3.8) is 0 Å². The molecule has 0 aliphatic carbocycles. The van der Waals surface area contributed by atoms with Crippen molar-refractivity contribution >= 4 is 29.2 Å². The van der Waals surface area contributed by atoms with Crippen LogP contribution in [-0.2, 0) is 4.79 Å². The molecule has 0 aliphatic heterocycles. The Bertz CT molecular complexity index is 64.7. The van der Waals surface area contributed by atoms with Crippen LogP contribution in [-0.4, -0.2) is 10.8 Å². The van der Waals surface area contributed by atoms with Crippen molar-refractivity contribution in [3.8, 4) is 0 Å². The first kappa shape index (κ1) is 11.5. The normalized spacial score (nSPS) is 7.86. The summed E-state index contributed by atoms with van der Waals surface area (Å²) in [5.41, 5.74) is 0. The third-order valence-corrected chi connectivity index (χ3v) is 0.535. The molecule has 0 amide bonds. The van der Waals surface area contributed by atoms with E-state index in [1.54, 1.807) is 0 Å². The predicted molar refractivity (Wildman–Crippen MR) is 20.5 cm³/mol. The number of rotatable bonds is 1. The summed E-state index contributed by atoms with van der Waals surface area (Å²) < 4.78 is 0. The fourth-order valence-electron chi connectivity index (χ4n) is 0. The van der Waals surface area contributed by atoms with Gasteiger partial charge in [-0.05, 0) is 0 Å². The number of carboxylic acid groups (broad SMARTS) is 1. The van der Waals surface area contributed by atoms with E-state index < -0.39 is 10.8 Å². The van der Waals surface area contributed by atoms with E-state index >= 15 is 0 Å². The van der Waals surface area contributed by atoms with Crippen molar-refractivity contribution in [2.75, 3.05) is 0 Å². The van der Waals surface area contributed by atoms with E-state index in [-0.39, 0.29) is 51.4 Å². The summed E-state index contributed by atoms with van der Waals surface area (Å²) >= 11 is 9.43. The van der Waals surface area contributed by atoms with E-state index in [9.17, 15) is 9.90 Å². The van der Waals surface area contributed by atoms with Gasteiger partial charge in [-0.15, -0.1) is 0 Å². The first-order valence-corrected chi connectivity index (χ1v) is 2.01. The minimum atomic E-state index is -1.46. The molecule has 0 fully saturated rings. The average Bonchev–Trinajstić information content (AvgIpc) is 1.36. The summed E-state index contributed by atoms with van der Waals surface area (Å²) in [4.78, 5) is 7.93. The molecule has 0 spiro atoms. The Morgan fingerprint density at radius 3 is 1.71 bits per heavy atom. The van der Waals surface area contributed by atoms with Gasteiger partial charge in [-0.2, -0.15) is 0 Å². The summed E-state index contributed by atoms with van der Waals surface area (Å²) in [6.07, 6.45) is 0. The van der Waals surface area contributed by atoms with Gasteiger partial charge >= 0.3 is 51.4 Å². The van der Waals surface area contributed by atoms with Crippen LogP contribution >= 0.6 is 23.2 Å². The van der Waals surface area contributed by atoms with E-state index in [0.717, 1.165) is 0 Å². The third kappa shape index (κ3) is 7.69. The number of aliphatic carboxylic acids is 1. The van der Waals surface area contributed by atoms with E-state index in [4.69, 9.17) is 23.2 Å². The minimum Gasteiger partial charge on any atom is -0.547 e. The van der Waals surface area contributed by atoms with Crippen molar-refractivity contribution in [2.45, 2.75) is 4.84 Å². The molecule has 0 aliphatic rings. The fraction of sp³-hybridized carbons (Fsp3) is 0.500. The number of carbonyl (C=O) groups excluding carboxylic acids is 1. The first-order valence-electron chi connectivity index (χ1n) is 1.13. The zero-order valence-corrected chi connectivity index (χ0v) is 8.28. The van der Waals surface area contributed by atoms with Gasteiger partial charge in [0.2, 0.25) is 0 Å². The molecule has 36 valence electrons. The van der Waals surface area contributed by atoms with Crippen molar-refractivity contribution in [1.29, 1.82) is 0 Å². The van der Waals surface area contributed by atoms with Crippen molar-refractivity contribution in [3.05, 3.63) is 0 Å². The van der Waals surface area contributed by atoms with E-state index in [1.165, 1.54) is 0 Å². The maximum absolute atomic E-state index is 9.32. The third-order valence-electron chi connectivity index (χ3n) is 0.178. The van der Waals surface area contributed by atoms with Gasteiger partial charge in [0.05, 0.1) is 5.97 Å². The largest absolute Gasteiger partial charge is 1.00 e. The Morgan fingerprint density at radius 2 is 1.71 bits per heavy atom. The average molecular weight is 167 g/mol. The molecule has 0 aromatic heterocycles. The SMILES string of the molecule is O=C([O-])C(Cl)Cl.[K+]. The second-order valence-corrected chi connectivity index (χ2v) is 1.72. The molecule has 7 heavy (non-hydrogen) atoms. The van der Waals surface area contributed by atoms with Gasteiger partial charge in [0, 0.05) is 0 Å². The zero-order valence-electron chi connectivity index (χ0n) is 3.65. The van der Waals surface area contributed by atoms with Crippen LogP contribution in [0.5, 0.6) is 0 Å². The van der Waals surface area contributed by atoms with Crippen LogP contribution in [0.15, 0.2) is 0 Å². The molecule has 0 saturated heterocycles. The molecule has 2 nitrogen and oxygen atoms in total. The van der Waals surface area contributed by atoms with Gasteiger partial charge in [-0.25, -0.2) is 0 Å². The van der Waals surface area contributed by atoms with Gasteiger partial charge < -0.3 is 9.90 Å². The van der Waals surface area contributed by atoms with Crippen molar-refractivity contribution in [1.82, 2.24) is 0 Å². The van der Waals surface area contributed by atoms with Crippen LogP contribution in [0.3, 0.4) is 0 Å². The second-order valence-electron chi connectivity index (χ2n) is 0.620. The van der Waals surface area contributed by atoms with E-state index in [2.05, 4.69) is 0 Å². The molecule has 0 radical (unpaired) electrons. The summed E-state index contributed by atoms with van der Waals surface area (Å²) in [6, 6.07) is 0. The van der Waals surface area contributed by atoms with Gasteiger partial charge in [0.1, 0.15) is 4.84 Å². The Hall–Kier alpha value is 1.69. The van der Waals surface area contributed by atoms with E-state index in [0.29, 0.717) is 0 Å². The Balaban J connectivity index is 0. The Morgan fingerprint density at radius 1 is 1.57 bits per heavy atom. The molecule has 0 saturated carbocycles. The fourth-order valence-corrected chi connectivity index (χ4v) is 0.